The standard InChI is InChI=1S/C20H21N3O4/c1-4-14-5-7-16(8-6-14)23-12(2)9-15(13(23)3)10-17-19(26)22(11-18(24)25)20(27)21-17/h5-10H,4,11H2,1-3H3,(H,21,27)(H,24,25)/b17-10+. The van der Waals surface area contributed by atoms with Crippen molar-refractivity contribution in [3.63, 3.8) is 0 Å². The van der Waals surface area contributed by atoms with Crippen LogP contribution in [0.4, 0.5) is 4.79 Å². The summed E-state index contributed by atoms with van der Waals surface area (Å²) in [7, 11) is 0. The van der Waals surface area contributed by atoms with E-state index in [0.717, 1.165) is 29.1 Å². The van der Waals surface area contributed by atoms with Gasteiger partial charge in [0.1, 0.15) is 12.2 Å². The molecule has 2 heterocycles. The Morgan fingerprint density at radius 3 is 2.44 bits per heavy atom. The number of nitrogens with zero attached hydrogens (tertiary/aromatic N) is 2. The number of aryl methyl sites for hydroxylation is 2. The summed E-state index contributed by atoms with van der Waals surface area (Å²) in [4.78, 5) is 35.6. The molecule has 0 atom stereocenters. The first-order chi connectivity index (χ1) is 12.8. The molecule has 1 aliphatic heterocycles. The highest BCUT2D eigenvalue weighted by Crippen LogP contribution is 2.24. The Labute approximate surface area is 156 Å². The Balaban J connectivity index is 1.95. The minimum atomic E-state index is -1.24. The van der Waals surface area contributed by atoms with Gasteiger partial charge in [-0.15, -0.1) is 0 Å². The maximum absolute atomic E-state index is 12.3. The van der Waals surface area contributed by atoms with Crippen LogP contribution in [0, 0.1) is 13.8 Å². The first-order valence-corrected chi connectivity index (χ1v) is 8.66. The Morgan fingerprint density at radius 2 is 1.85 bits per heavy atom. The van der Waals surface area contributed by atoms with Crippen molar-refractivity contribution in [3.8, 4) is 5.69 Å². The molecule has 1 aromatic carbocycles. The summed E-state index contributed by atoms with van der Waals surface area (Å²) in [6.45, 7) is 5.34. The zero-order valence-electron chi connectivity index (χ0n) is 15.4. The summed E-state index contributed by atoms with van der Waals surface area (Å²) in [5.74, 6) is -1.88. The number of urea groups is 1. The van der Waals surface area contributed by atoms with E-state index in [1.165, 1.54) is 5.56 Å². The molecule has 7 heteroatoms. The van der Waals surface area contributed by atoms with Gasteiger partial charge >= 0.3 is 12.0 Å². The Morgan fingerprint density at radius 1 is 1.19 bits per heavy atom. The molecule has 0 bridgehead atoms. The number of rotatable bonds is 5. The highest BCUT2D eigenvalue weighted by molar-refractivity contribution is 6.15. The van der Waals surface area contributed by atoms with Gasteiger partial charge in [-0.2, -0.15) is 0 Å². The van der Waals surface area contributed by atoms with E-state index in [1.807, 2.05) is 32.0 Å². The van der Waals surface area contributed by atoms with E-state index in [9.17, 15) is 14.4 Å². The number of hydrogen-bond acceptors (Lipinski definition) is 3. The van der Waals surface area contributed by atoms with Crippen LogP contribution in [0.2, 0.25) is 0 Å². The first kappa shape index (κ1) is 18.4. The maximum Gasteiger partial charge on any atom is 0.329 e. The quantitative estimate of drug-likeness (QED) is 0.628. The predicted octanol–water partition coefficient (Wildman–Crippen LogP) is 2.63. The summed E-state index contributed by atoms with van der Waals surface area (Å²) < 4.78 is 2.07. The Hall–Kier alpha value is -3.35. The molecule has 2 aromatic rings. The number of carboxylic acid groups (broad SMARTS) is 1. The van der Waals surface area contributed by atoms with E-state index in [-0.39, 0.29) is 5.70 Å². The fourth-order valence-corrected chi connectivity index (χ4v) is 3.22. The molecule has 0 radical (unpaired) electrons. The molecule has 0 saturated carbocycles. The monoisotopic (exact) mass is 367 g/mol. The van der Waals surface area contributed by atoms with Crippen molar-refractivity contribution in [2.45, 2.75) is 27.2 Å². The van der Waals surface area contributed by atoms with Gasteiger partial charge in [0.25, 0.3) is 5.91 Å². The number of benzene rings is 1. The molecule has 1 saturated heterocycles. The molecule has 3 rings (SSSR count). The van der Waals surface area contributed by atoms with E-state index in [1.54, 1.807) is 6.08 Å². The Bertz CT molecular complexity index is 954. The molecule has 1 aliphatic rings. The lowest BCUT2D eigenvalue weighted by Gasteiger charge is -2.10. The van der Waals surface area contributed by atoms with E-state index in [4.69, 9.17) is 5.11 Å². The highest BCUT2D eigenvalue weighted by Gasteiger charge is 2.35. The van der Waals surface area contributed by atoms with Gasteiger partial charge in [0.2, 0.25) is 0 Å². The molecule has 3 amide bonds. The topological polar surface area (TPSA) is 91.6 Å². The van der Waals surface area contributed by atoms with Crippen LogP contribution in [-0.2, 0) is 16.0 Å². The molecular weight excluding hydrogens is 346 g/mol. The van der Waals surface area contributed by atoms with Gasteiger partial charge in [-0.3, -0.25) is 9.59 Å². The molecule has 1 fully saturated rings. The molecule has 7 nitrogen and oxygen atoms in total. The van der Waals surface area contributed by atoms with E-state index < -0.39 is 24.5 Å². The second kappa shape index (κ2) is 7.11. The van der Waals surface area contributed by atoms with Crippen LogP contribution in [0.1, 0.15) is 29.4 Å². The number of carbonyl (C=O) groups excluding carboxylic acids is 2. The van der Waals surface area contributed by atoms with Gasteiger partial charge in [-0.05, 0) is 55.7 Å². The third kappa shape index (κ3) is 3.48. The van der Waals surface area contributed by atoms with E-state index in [2.05, 4.69) is 28.9 Å². The van der Waals surface area contributed by atoms with E-state index in [0.29, 0.717) is 4.90 Å². The molecule has 0 aliphatic carbocycles. The summed E-state index contributed by atoms with van der Waals surface area (Å²) in [6, 6.07) is 9.46. The van der Waals surface area contributed by atoms with Gasteiger partial charge in [0.15, 0.2) is 0 Å². The second-order valence-corrected chi connectivity index (χ2v) is 6.46. The average molecular weight is 367 g/mol. The zero-order valence-corrected chi connectivity index (χ0v) is 15.4. The number of aromatic nitrogens is 1. The molecule has 2 N–H and O–H groups in total. The van der Waals surface area contributed by atoms with Gasteiger partial charge in [-0.25, -0.2) is 9.69 Å². The number of aliphatic carboxylic acids is 1. The summed E-state index contributed by atoms with van der Waals surface area (Å²) >= 11 is 0. The van der Waals surface area contributed by atoms with Crippen molar-refractivity contribution in [3.05, 3.63) is 58.5 Å². The molecule has 1 aromatic heterocycles. The van der Waals surface area contributed by atoms with Crippen LogP contribution in [0.15, 0.2) is 36.0 Å². The summed E-state index contributed by atoms with van der Waals surface area (Å²) in [6.07, 6.45) is 2.55. The van der Waals surface area contributed by atoms with Gasteiger partial charge in [0.05, 0.1) is 0 Å². The smallest absolute Gasteiger partial charge is 0.329 e. The van der Waals surface area contributed by atoms with Crippen molar-refractivity contribution < 1.29 is 19.5 Å². The normalized spacial score (nSPS) is 15.5. The summed E-state index contributed by atoms with van der Waals surface area (Å²) in [5, 5.41) is 11.3. The van der Waals surface area contributed by atoms with Gasteiger partial charge in [-0.1, -0.05) is 19.1 Å². The SMILES string of the molecule is CCc1ccc(-n2c(C)cc(/C=C3/NC(=O)N(CC(=O)O)C3=O)c2C)cc1. The van der Waals surface area contributed by atoms with Crippen LogP contribution in [0.3, 0.4) is 0 Å². The highest BCUT2D eigenvalue weighted by atomic mass is 16.4. The van der Waals surface area contributed by atoms with Gasteiger partial charge in [0, 0.05) is 17.1 Å². The van der Waals surface area contributed by atoms with Crippen molar-refractivity contribution in [2.24, 2.45) is 0 Å². The van der Waals surface area contributed by atoms with Crippen LogP contribution in [-0.4, -0.2) is 39.0 Å². The predicted molar refractivity (Wildman–Crippen MR) is 100 cm³/mol. The van der Waals surface area contributed by atoms with Crippen molar-refractivity contribution >= 4 is 24.0 Å². The second-order valence-electron chi connectivity index (χ2n) is 6.46. The van der Waals surface area contributed by atoms with Crippen LogP contribution < -0.4 is 5.32 Å². The number of hydrogen-bond donors (Lipinski definition) is 2. The lowest BCUT2D eigenvalue weighted by atomic mass is 10.1. The lowest BCUT2D eigenvalue weighted by molar-refractivity contribution is -0.140. The largest absolute Gasteiger partial charge is 0.480 e. The van der Waals surface area contributed by atoms with Crippen molar-refractivity contribution in [2.75, 3.05) is 6.54 Å². The number of imide groups is 1. The number of nitrogens with one attached hydrogen (secondary N) is 1. The number of carbonyl (C=O) groups is 3. The first-order valence-electron chi connectivity index (χ1n) is 8.66. The zero-order chi connectivity index (χ0) is 19.7. The maximum atomic E-state index is 12.3. The Kier molecular flexibility index (Phi) is 4.85. The number of carboxylic acids is 1. The summed E-state index contributed by atoms with van der Waals surface area (Å²) in [5.41, 5.74) is 5.03. The average Bonchev–Trinajstić information content (AvgIpc) is 3.05. The van der Waals surface area contributed by atoms with Crippen molar-refractivity contribution in [1.82, 2.24) is 14.8 Å². The van der Waals surface area contributed by atoms with Crippen LogP contribution in [0.25, 0.3) is 11.8 Å². The molecular formula is C20H21N3O4. The fourth-order valence-electron chi connectivity index (χ4n) is 3.22. The van der Waals surface area contributed by atoms with E-state index >= 15 is 0 Å². The third-order valence-electron chi connectivity index (χ3n) is 4.63. The molecule has 140 valence electrons. The van der Waals surface area contributed by atoms with Crippen LogP contribution >= 0.6 is 0 Å². The third-order valence-corrected chi connectivity index (χ3v) is 4.63. The lowest BCUT2D eigenvalue weighted by Crippen LogP contribution is -2.35. The molecule has 0 unspecified atom stereocenters. The minimum absolute atomic E-state index is 0.0721. The molecule has 27 heavy (non-hydrogen) atoms. The molecule has 0 spiro atoms. The van der Waals surface area contributed by atoms with Gasteiger partial charge < -0.3 is 15.0 Å². The van der Waals surface area contributed by atoms with Crippen molar-refractivity contribution in [1.29, 1.82) is 0 Å². The number of amides is 3. The minimum Gasteiger partial charge on any atom is -0.480 e. The van der Waals surface area contributed by atoms with Crippen LogP contribution in [0.5, 0.6) is 0 Å². The fraction of sp³-hybridized carbons (Fsp3) is 0.250.